The molecule has 1 fully saturated rings. The lowest BCUT2D eigenvalue weighted by Gasteiger charge is -2.35. The number of ether oxygens (including phenoxy) is 1. The topological polar surface area (TPSA) is 52.9 Å². The Morgan fingerprint density at radius 3 is 2.44 bits per heavy atom. The third-order valence-corrected chi connectivity index (χ3v) is 7.04. The van der Waals surface area contributed by atoms with Crippen LogP contribution in [0, 0.1) is 0 Å². The van der Waals surface area contributed by atoms with Crippen molar-refractivity contribution in [1.82, 2.24) is 4.90 Å². The normalized spacial score (nSPS) is 20.8. The lowest BCUT2D eigenvalue weighted by molar-refractivity contribution is 0.237. The summed E-state index contributed by atoms with van der Waals surface area (Å²) in [5.74, 6) is 1.85. The Morgan fingerprint density at radius 2 is 1.66 bits per heavy atom. The van der Waals surface area contributed by atoms with Crippen molar-refractivity contribution in [3.05, 3.63) is 89.0 Å². The van der Waals surface area contributed by atoms with Gasteiger partial charge in [-0.25, -0.2) is 0 Å². The van der Waals surface area contributed by atoms with Crippen molar-refractivity contribution in [2.45, 2.75) is 37.5 Å². The van der Waals surface area contributed by atoms with E-state index in [1.54, 1.807) is 12.1 Å². The van der Waals surface area contributed by atoms with Crippen LogP contribution >= 0.6 is 0 Å². The second-order valence-electron chi connectivity index (χ2n) is 9.03. The highest BCUT2D eigenvalue weighted by atomic mass is 16.5. The van der Waals surface area contributed by atoms with Crippen LogP contribution < -0.4 is 4.74 Å². The molecule has 4 nitrogen and oxygen atoms in total. The van der Waals surface area contributed by atoms with Gasteiger partial charge in [-0.2, -0.15) is 0 Å². The fraction of sp³-hybridized carbons (Fsp3) is 0.357. The van der Waals surface area contributed by atoms with Crippen molar-refractivity contribution in [1.29, 1.82) is 0 Å². The zero-order valence-electron chi connectivity index (χ0n) is 18.4. The molecule has 0 spiro atoms. The highest BCUT2D eigenvalue weighted by Gasteiger charge is 2.33. The summed E-state index contributed by atoms with van der Waals surface area (Å²) in [5, 5.41) is 20.6. The third-order valence-electron chi connectivity index (χ3n) is 7.04. The zero-order chi connectivity index (χ0) is 21.9. The van der Waals surface area contributed by atoms with Crippen LogP contribution in [-0.2, 0) is 6.42 Å². The van der Waals surface area contributed by atoms with Crippen molar-refractivity contribution < 1.29 is 14.9 Å². The molecule has 1 saturated heterocycles. The molecule has 0 aromatic heterocycles. The number of hydrogen-bond acceptors (Lipinski definition) is 4. The minimum atomic E-state index is 0.117. The lowest BCUT2D eigenvalue weighted by atomic mass is 9.69. The van der Waals surface area contributed by atoms with Gasteiger partial charge in [-0.3, -0.25) is 4.90 Å². The first-order valence-electron chi connectivity index (χ1n) is 11.7. The summed E-state index contributed by atoms with van der Waals surface area (Å²) in [6, 6.07) is 21.8. The van der Waals surface area contributed by atoms with E-state index in [4.69, 9.17) is 4.74 Å². The molecular weight excluding hydrogens is 398 g/mol. The second-order valence-corrected chi connectivity index (χ2v) is 9.03. The Labute approximate surface area is 190 Å². The van der Waals surface area contributed by atoms with E-state index >= 15 is 0 Å². The number of nitrogens with zero attached hydrogens (tertiary/aromatic N) is 1. The van der Waals surface area contributed by atoms with E-state index in [1.807, 2.05) is 30.3 Å². The average Bonchev–Trinajstić information content (AvgIpc) is 3.33. The van der Waals surface area contributed by atoms with E-state index in [-0.39, 0.29) is 11.8 Å². The molecule has 166 valence electrons. The maximum Gasteiger partial charge on any atom is 0.119 e. The van der Waals surface area contributed by atoms with E-state index in [0.29, 0.717) is 18.1 Å². The molecule has 5 rings (SSSR count). The summed E-state index contributed by atoms with van der Waals surface area (Å²) >= 11 is 0. The quantitative estimate of drug-likeness (QED) is 0.548. The molecule has 32 heavy (non-hydrogen) atoms. The molecule has 1 heterocycles. The van der Waals surface area contributed by atoms with Gasteiger partial charge in [-0.05, 0) is 97.3 Å². The van der Waals surface area contributed by atoms with Gasteiger partial charge >= 0.3 is 0 Å². The standard InChI is InChI=1S/C28H31NO3/c30-22-10-14-24-21(19-22)9-13-26(25-5-1-2-6-27(25)31)28(24)20-7-11-23(12-8-20)32-18-17-29-15-3-4-16-29/h1-2,5-8,10-12,14,19,26,28,30-31H,3-4,9,13,15-18H2/t26-,28-/m1/s1. The minimum Gasteiger partial charge on any atom is -0.508 e. The molecule has 1 aliphatic carbocycles. The number of likely N-dealkylation sites (tertiary alicyclic amines) is 1. The smallest absolute Gasteiger partial charge is 0.119 e. The number of aromatic hydroxyl groups is 2. The number of aryl methyl sites for hydroxylation is 1. The molecule has 0 radical (unpaired) electrons. The number of benzene rings is 3. The molecule has 3 aromatic rings. The Hall–Kier alpha value is -2.98. The molecule has 0 bridgehead atoms. The fourth-order valence-corrected chi connectivity index (χ4v) is 5.42. The van der Waals surface area contributed by atoms with E-state index in [2.05, 4.69) is 29.2 Å². The molecular formula is C28H31NO3. The molecule has 2 aliphatic rings. The molecule has 0 amide bonds. The third kappa shape index (κ3) is 4.33. The maximum atomic E-state index is 10.6. The highest BCUT2D eigenvalue weighted by Crippen LogP contribution is 2.48. The van der Waals surface area contributed by atoms with Gasteiger partial charge in [0.25, 0.3) is 0 Å². The molecule has 0 unspecified atom stereocenters. The van der Waals surface area contributed by atoms with Crippen molar-refractivity contribution in [3.8, 4) is 17.2 Å². The molecule has 4 heteroatoms. The van der Waals surface area contributed by atoms with Crippen LogP contribution in [0.3, 0.4) is 0 Å². The molecule has 1 aliphatic heterocycles. The van der Waals surface area contributed by atoms with Crippen molar-refractivity contribution in [2.75, 3.05) is 26.2 Å². The van der Waals surface area contributed by atoms with Gasteiger partial charge in [-0.15, -0.1) is 0 Å². The minimum absolute atomic E-state index is 0.117. The number of rotatable bonds is 6. The molecule has 0 saturated carbocycles. The summed E-state index contributed by atoms with van der Waals surface area (Å²) in [7, 11) is 0. The van der Waals surface area contributed by atoms with Gasteiger partial charge in [0.05, 0.1) is 0 Å². The van der Waals surface area contributed by atoms with Crippen LogP contribution in [0.25, 0.3) is 0 Å². The van der Waals surface area contributed by atoms with E-state index in [0.717, 1.165) is 30.7 Å². The number of hydrogen-bond donors (Lipinski definition) is 2. The Bertz CT molecular complexity index is 1060. The van der Waals surface area contributed by atoms with Gasteiger partial charge in [0.15, 0.2) is 0 Å². The SMILES string of the molecule is Oc1ccc2c(c1)CC[C@H](c1ccccc1O)[C@@H]2c1ccc(OCCN2CCCC2)cc1. The van der Waals surface area contributed by atoms with Crippen molar-refractivity contribution in [2.24, 2.45) is 0 Å². The van der Waals surface area contributed by atoms with E-state index < -0.39 is 0 Å². The first kappa shape index (κ1) is 20.9. The number of phenolic OH excluding ortho intramolecular Hbond substituents is 2. The lowest BCUT2D eigenvalue weighted by Crippen LogP contribution is -2.25. The van der Waals surface area contributed by atoms with Gasteiger partial charge in [-0.1, -0.05) is 36.4 Å². The van der Waals surface area contributed by atoms with Crippen LogP contribution in [0.2, 0.25) is 0 Å². The highest BCUT2D eigenvalue weighted by molar-refractivity contribution is 5.50. The predicted molar refractivity (Wildman–Crippen MR) is 127 cm³/mol. The van der Waals surface area contributed by atoms with Gasteiger partial charge in [0.1, 0.15) is 23.9 Å². The predicted octanol–water partition coefficient (Wildman–Crippen LogP) is 5.43. The number of para-hydroxylation sites is 1. The monoisotopic (exact) mass is 429 g/mol. The van der Waals surface area contributed by atoms with Crippen molar-refractivity contribution >= 4 is 0 Å². The maximum absolute atomic E-state index is 10.6. The Kier molecular flexibility index (Phi) is 6.04. The first-order chi connectivity index (χ1) is 15.7. The van der Waals surface area contributed by atoms with Crippen molar-refractivity contribution in [3.63, 3.8) is 0 Å². The van der Waals surface area contributed by atoms with Crippen LogP contribution in [0.4, 0.5) is 0 Å². The van der Waals surface area contributed by atoms with Crippen LogP contribution in [0.5, 0.6) is 17.2 Å². The molecule has 2 atom stereocenters. The number of phenols is 2. The zero-order valence-corrected chi connectivity index (χ0v) is 18.4. The molecule has 2 N–H and O–H groups in total. The second kappa shape index (κ2) is 9.25. The average molecular weight is 430 g/mol. The Morgan fingerprint density at radius 1 is 0.875 bits per heavy atom. The Balaban J connectivity index is 1.41. The number of fused-ring (bicyclic) bond motifs is 1. The van der Waals surface area contributed by atoms with Gasteiger partial charge in [0, 0.05) is 12.5 Å². The first-order valence-corrected chi connectivity index (χ1v) is 11.7. The summed E-state index contributed by atoms with van der Waals surface area (Å²) in [5.41, 5.74) is 4.61. The summed E-state index contributed by atoms with van der Waals surface area (Å²) < 4.78 is 6.01. The van der Waals surface area contributed by atoms with Crippen LogP contribution in [-0.4, -0.2) is 41.4 Å². The summed E-state index contributed by atoms with van der Waals surface area (Å²) in [6.07, 6.45) is 4.41. The van der Waals surface area contributed by atoms with Crippen LogP contribution in [0.15, 0.2) is 66.7 Å². The van der Waals surface area contributed by atoms with E-state index in [9.17, 15) is 10.2 Å². The largest absolute Gasteiger partial charge is 0.508 e. The van der Waals surface area contributed by atoms with Crippen LogP contribution in [0.1, 0.15) is 53.4 Å². The summed E-state index contributed by atoms with van der Waals surface area (Å²) in [6.45, 7) is 4.07. The van der Waals surface area contributed by atoms with E-state index in [1.165, 1.54) is 42.6 Å². The van der Waals surface area contributed by atoms with Gasteiger partial charge in [0.2, 0.25) is 0 Å². The van der Waals surface area contributed by atoms with Gasteiger partial charge < -0.3 is 14.9 Å². The fourth-order valence-electron chi connectivity index (χ4n) is 5.42. The molecule has 3 aromatic carbocycles. The summed E-state index contributed by atoms with van der Waals surface area (Å²) in [4.78, 5) is 2.46.